The molecule has 3 aromatic carbocycles. The largest absolute Gasteiger partial charge is 0.494 e. The Balaban J connectivity index is 1.37. The molecule has 2 heteroatoms. The Morgan fingerprint density at radius 1 is 0.684 bits per heavy atom. The molecule has 3 aromatic rings. The van der Waals surface area contributed by atoms with E-state index in [-0.39, 0.29) is 5.78 Å². The molecule has 0 aliphatic carbocycles. The summed E-state index contributed by atoms with van der Waals surface area (Å²) in [4.78, 5) is 12.4. The number of unbranched alkanes of at least 4 members (excludes halogenated alkanes) is 9. The van der Waals surface area contributed by atoms with E-state index in [0.717, 1.165) is 43.6 Å². The number of aryl methyl sites for hydroxylation is 2. The number of Topliss-reactive ketones (excluding diaryl/α,β-unsaturated/α-hetero) is 1. The predicted octanol–water partition coefficient (Wildman–Crippen LogP) is 10.5. The van der Waals surface area contributed by atoms with Crippen molar-refractivity contribution in [3.05, 3.63) is 77.4 Å². The van der Waals surface area contributed by atoms with E-state index in [1.54, 1.807) is 0 Å². The fraction of sp³-hybridized carbons (Fsp3) is 0.528. The Hall–Kier alpha value is -2.61. The van der Waals surface area contributed by atoms with Gasteiger partial charge in [-0.1, -0.05) is 134 Å². The molecule has 0 bridgehead atoms. The molecule has 0 N–H and O–H groups in total. The van der Waals surface area contributed by atoms with E-state index in [2.05, 4.69) is 69.3 Å². The molecule has 0 fully saturated rings. The highest BCUT2D eigenvalue weighted by Crippen LogP contribution is 2.23. The maximum atomic E-state index is 12.4. The first-order valence-electron chi connectivity index (χ1n) is 15.4. The third-order valence-corrected chi connectivity index (χ3v) is 7.85. The zero-order valence-electron chi connectivity index (χ0n) is 24.3. The Morgan fingerprint density at radius 2 is 1.26 bits per heavy atom. The van der Waals surface area contributed by atoms with Gasteiger partial charge >= 0.3 is 0 Å². The molecule has 2 nitrogen and oxygen atoms in total. The number of ketones is 1. The van der Waals surface area contributed by atoms with E-state index < -0.39 is 0 Å². The van der Waals surface area contributed by atoms with Crippen LogP contribution in [-0.2, 0) is 12.8 Å². The molecule has 3 rings (SSSR count). The SMILES string of the molecule is CCCCCCCCCCCCOc1ccc2cc(CCc3ccc(C(=O)C[C@H](C)CC)cc3)ccc2c1. The van der Waals surface area contributed by atoms with Crippen LogP contribution in [0.1, 0.15) is 119 Å². The van der Waals surface area contributed by atoms with E-state index in [1.165, 1.54) is 79.7 Å². The zero-order valence-corrected chi connectivity index (χ0v) is 24.3. The topological polar surface area (TPSA) is 26.3 Å². The van der Waals surface area contributed by atoms with Crippen LogP contribution in [0.25, 0.3) is 10.8 Å². The standard InChI is InChI=1S/C36H50O2/c1-4-6-7-8-9-10-11-12-13-14-25-38-35-24-23-33-27-31(19-22-34(33)28-35)16-15-30-17-20-32(21-18-30)36(37)26-29(3)5-2/h17-24,27-29H,4-16,25-26H2,1-3H3/t29-/m1/s1. The predicted molar refractivity (Wildman–Crippen MR) is 164 cm³/mol. The van der Waals surface area contributed by atoms with E-state index in [9.17, 15) is 4.79 Å². The number of rotatable bonds is 19. The lowest BCUT2D eigenvalue weighted by molar-refractivity contribution is 0.0963. The molecule has 0 heterocycles. The zero-order chi connectivity index (χ0) is 27.0. The van der Waals surface area contributed by atoms with Crippen molar-refractivity contribution in [3.8, 4) is 5.75 Å². The van der Waals surface area contributed by atoms with Crippen molar-refractivity contribution < 1.29 is 9.53 Å². The van der Waals surface area contributed by atoms with Gasteiger partial charge in [0.1, 0.15) is 5.75 Å². The van der Waals surface area contributed by atoms with Gasteiger partial charge in [0.05, 0.1) is 6.61 Å². The van der Waals surface area contributed by atoms with Crippen LogP contribution in [0.15, 0.2) is 60.7 Å². The van der Waals surface area contributed by atoms with Gasteiger partial charge in [0.25, 0.3) is 0 Å². The lowest BCUT2D eigenvalue weighted by Gasteiger charge is -2.09. The van der Waals surface area contributed by atoms with Gasteiger partial charge in [0, 0.05) is 12.0 Å². The Bertz CT molecular complexity index is 1080. The third kappa shape index (κ3) is 10.6. The summed E-state index contributed by atoms with van der Waals surface area (Å²) >= 11 is 0. The molecule has 0 saturated carbocycles. The molecule has 0 spiro atoms. The van der Waals surface area contributed by atoms with Gasteiger partial charge in [0.2, 0.25) is 0 Å². The molecule has 0 aliphatic rings. The van der Waals surface area contributed by atoms with Crippen LogP contribution in [0.2, 0.25) is 0 Å². The van der Waals surface area contributed by atoms with Gasteiger partial charge < -0.3 is 4.74 Å². The Labute approximate surface area is 232 Å². The Morgan fingerprint density at radius 3 is 1.95 bits per heavy atom. The van der Waals surface area contributed by atoms with Crippen LogP contribution in [0.4, 0.5) is 0 Å². The van der Waals surface area contributed by atoms with Crippen molar-refractivity contribution >= 4 is 16.6 Å². The molecule has 38 heavy (non-hydrogen) atoms. The summed E-state index contributed by atoms with van der Waals surface area (Å²) in [5, 5.41) is 2.50. The molecule has 1 atom stereocenters. The first-order valence-corrected chi connectivity index (χ1v) is 15.4. The van der Waals surface area contributed by atoms with Gasteiger partial charge in [-0.3, -0.25) is 4.79 Å². The van der Waals surface area contributed by atoms with Gasteiger partial charge in [-0.2, -0.15) is 0 Å². The van der Waals surface area contributed by atoms with Crippen molar-refractivity contribution in [3.63, 3.8) is 0 Å². The van der Waals surface area contributed by atoms with Crippen LogP contribution in [0.3, 0.4) is 0 Å². The summed E-state index contributed by atoms with van der Waals surface area (Å²) in [5.41, 5.74) is 3.46. The summed E-state index contributed by atoms with van der Waals surface area (Å²) in [6.07, 6.45) is 17.1. The van der Waals surface area contributed by atoms with E-state index in [1.807, 2.05) is 12.1 Å². The number of ether oxygens (including phenoxy) is 1. The van der Waals surface area contributed by atoms with Gasteiger partial charge in [-0.15, -0.1) is 0 Å². The molecular weight excluding hydrogens is 464 g/mol. The minimum Gasteiger partial charge on any atom is -0.494 e. The second kappa shape index (κ2) is 17.1. The van der Waals surface area contributed by atoms with E-state index >= 15 is 0 Å². The second-order valence-corrected chi connectivity index (χ2v) is 11.2. The average molecular weight is 515 g/mol. The average Bonchev–Trinajstić information content (AvgIpc) is 2.94. The normalized spacial score (nSPS) is 12.1. The van der Waals surface area contributed by atoms with E-state index in [4.69, 9.17) is 4.74 Å². The number of hydrogen-bond acceptors (Lipinski definition) is 2. The quantitative estimate of drug-likeness (QED) is 0.117. The van der Waals surface area contributed by atoms with Crippen LogP contribution in [0.5, 0.6) is 5.75 Å². The molecule has 0 unspecified atom stereocenters. The van der Waals surface area contributed by atoms with Crippen molar-refractivity contribution in [2.24, 2.45) is 5.92 Å². The summed E-state index contributed by atoms with van der Waals surface area (Å²) in [6, 6.07) is 21.4. The van der Waals surface area contributed by atoms with E-state index in [0.29, 0.717) is 12.3 Å². The van der Waals surface area contributed by atoms with Crippen LogP contribution in [0, 0.1) is 5.92 Å². The maximum Gasteiger partial charge on any atom is 0.163 e. The van der Waals surface area contributed by atoms with Crippen molar-refractivity contribution in [1.29, 1.82) is 0 Å². The monoisotopic (exact) mass is 514 g/mol. The minimum atomic E-state index is 0.257. The first-order chi connectivity index (χ1) is 18.6. The van der Waals surface area contributed by atoms with Crippen LogP contribution < -0.4 is 4.74 Å². The minimum absolute atomic E-state index is 0.257. The molecule has 206 valence electrons. The van der Waals surface area contributed by atoms with Crippen molar-refractivity contribution in [1.82, 2.24) is 0 Å². The smallest absolute Gasteiger partial charge is 0.163 e. The summed E-state index contributed by atoms with van der Waals surface area (Å²) in [5.74, 6) is 1.68. The number of hydrogen-bond donors (Lipinski definition) is 0. The number of carbonyl (C=O) groups is 1. The van der Waals surface area contributed by atoms with Gasteiger partial charge in [0.15, 0.2) is 5.78 Å². The maximum absolute atomic E-state index is 12.4. The summed E-state index contributed by atoms with van der Waals surface area (Å²) in [6.45, 7) is 7.37. The molecule has 0 amide bonds. The fourth-order valence-electron chi connectivity index (χ4n) is 5.02. The van der Waals surface area contributed by atoms with Gasteiger partial charge in [-0.05, 0) is 59.2 Å². The van der Waals surface area contributed by atoms with Gasteiger partial charge in [-0.25, -0.2) is 0 Å². The highest BCUT2D eigenvalue weighted by atomic mass is 16.5. The van der Waals surface area contributed by atoms with Crippen LogP contribution in [-0.4, -0.2) is 12.4 Å². The summed E-state index contributed by atoms with van der Waals surface area (Å²) < 4.78 is 6.05. The highest BCUT2D eigenvalue weighted by Gasteiger charge is 2.10. The Kier molecular flexibility index (Phi) is 13.5. The second-order valence-electron chi connectivity index (χ2n) is 11.2. The fourth-order valence-corrected chi connectivity index (χ4v) is 5.02. The number of fused-ring (bicyclic) bond motifs is 1. The van der Waals surface area contributed by atoms with Crippen molar-refractivity contribution in [2.45, 2.75) is 111 Å². The molecule has 0 saturated heterocycles. The number of benzene rings is 3. The molecular formula is C36H50O2. The highest BCUT2D eigenvalue weighted by molar-refractivity contribution is 5.96. The lowest BCUT2D eigenvalue weighted by Crippen LogP contribution is -2.05. The molecule has 0 aliphatic heterocycles. The molecule has 0 aromatic heterocycles. The lowest BCUT2D eigenvalue weighted by atomic mass is 9.96. The van der Waals surface area contributed by atoms with Crippen LogP contribution >= 0.6 is 0 Å². The first kappa shape index (κ1) is 29.9. The number of carbonyl (C=O) groups excluding carboxylic acids is 1. The molecule has 0 radical (unpaired) electrons. The van der Waals surface area contributed by atoms with Crippen molar-refractivity contribution in [2.75, 3.05) is 6.61 Å². The summed E-state index contributed by atoms with van der Waals surface area (Å²) in [7, 11) is 0. The third-order valence-electron chi connectivity index (χ3n) is 7.85.